The molecule has 0 aliphatic heterocycles. The van der Waals surface area contributed by atoms with Crippen LogP contribution in [0.2, 0.25) is 10.0 Å². The van der Waals surface area contributed by atoms with Crippen LogP contribution in [-0.2, 0) is 10.4 Å². The molecule has 0 fully saturated rings. The third-order valence-corrected chi connectivity index (χ3v) is 3.65. The van der Waals surface area contributed by atoms with E-state index in [4.69, 9.17) is 51.5 Å². The molecule has 0 N–H and O–H groups in total. The molecule has 2 aromatic carbocycles. The average Bonchev–Trinajstić information content (AvgIpc) is 2.71. The van der Waals surface area contributed by atoms with Crippen LogP contribution in [0.25, 0.3) is 9.95 Å². The number of hydrogen-bond donors (Lipinski definition) is 0. The van der Waals surface area contributed by atoms with Gasteiger partial charge in [0.25, 0.3) is 11.4 Å². The Morgan fingerprint density at radius 1 is 0.657 bits per heavy atom. The highest BCUT2D eigenvalue weighted by molar-refractivity contribution is 7.79. The zero-order chi connectivity index (χ0) is 27.7. The smallest absolute Gasteiger partial charge is 0.479 e. The van der Waals surface area contributed by atoms with Gasteiger partial charge in [0.2, 0.25) is 10.8 Å². The van der Waals surface area contributed by atoms with E-state index in [9.17, 15) is 40.5 Å². The predicted octanol–water partition coefficient (Wildman–Crippen LogP) is 3.94. The third kappa shape index (κ3) is 9.78. The fraction of sp³-hybridized carbons (Fsp3) is 0. The Balaban J connectivity index is 0.000000555. The molecule has 35 heavy (non-hydrogen) atoms. The zero-order valence-electron chi connectivity index (χ0n) is 16.0. The highest BCUT2D eigenvalue weighted by Gasteiger charge is 2.33. The standard InChI is InChI=1S/2C6H2ClN4O4.H2O4S/c2*7-4-1-3(10(12)13)2-5(11(14)15)6(4)9-8;1-5(2,3)4/h2*1-2H;(H2,1,2,3,4)/q2*+1;/p-2. The number of non-ortho nitro benzene ring substituents is 2. The summed E-state index contributed by atoms with van der Waals surface area (Å²) in [4.78, 5) is 43.3. The second kappa shape index (κ2) is 12.5. The summed E-state index contributed by atoms with van der Waals surface area (Å²) in [5.74, 6) is 0. The summed E-state index contributed by atoms with van der Waals surface area (Å²) in [5.41, 5.74) is -3.55. The van der Waals surface area contributed by atoms with Gasteiger partial charge in [0, 0.05) is 22.5 Å². The second-order valence-electron chi connectivity index (χ2n) is 5.23. The lowest BCUT2D eigenvalue weighted by Gasteiger charge is -2.06. The molecule has 0 saturated heterocycles. The minimum Gasteiger partial charge on any atom is -0.759 e. The van der Waals surface area contributed by atoms with Crippen molar-refractivity contribution in [3.8, 4) is 0 Å². The summed E-state index contributed by atoms with van der Waals surface area (Å²) in [5, 5.41) is 57.8. The van der Waals surface area contributed by atoms with E-state index in [2.05, 4.69) is 9.95 Å². The SMILES string of the molecule is N#[N+]c1c(Cl)cc([N+](=O)[O-])cc1[N+](=O)[O-].N#[N+]c1c(Cl)cc([N+](=O)[O-])cc1[N+](=O)[O-].O=S(=O)([O-])[O-]. The summed E-state index contributed by atoms with van der Waals surface area (Å²) in [7, 11) is -5.17. The van der Waals surface area contributed by atoms with Crippen molar-refractivity contribution >= 4 is 67.7 Å². The third-order valence-electron chi connectivity index (χ3n) is 3.07. The van der Waals surface area contributed by atoms with Gasteiger partial charge in [-0.15, -0.1) is 0 Å². The van der Waals surface area contributed by atoms with Gasteiger partial charge in [0.15, 0.2) is 20.0 Å². The maximum Gasteiger partial charge on any atom is 0.479 e. The van der Waals surface area contributed by atoms with Gasteiger partial charge in [0.1, 0.15) is 12.1 Å². The lowest BCUT2D eigenvalue weighted by atomic mass is 10.2. The van der Waals surface area contributed by atoms with E-state index >= 15 is 0 Å². The number of nitro groups is 4. The van der Waals surface area contributed by atoms with Crippen LogP contribution < -0.4 is 0 Å². The van der Waals surface area contributed by atoms with Crippen molar-refractivity contribution in [3.63, 3.8) is 0 Å². The first kappa shape index (κ1) is 30.3. The van der Waals surface area contributed by atoms with Crippen molar-refractivity contribution in [2.45, 2.75) is 0 Å². The molecule has 0 unspecified atom stereocenters. The second-order valence-corrected chi connectivity index (χ2v) is 6.86. The summed E-state index contributed by atoms with van der Waals surface area (Å²) in [6, 6.07) is 3.06. The van der Waals surface area contributed by atoms with E-state index in [-0.39, 0.29) is 10.0 Å². The van der Waals surface area contributed by atoms with Crippen LogP contribution in [0.3, 0.4) is 0 Å². The molecule has 0 radical (unpaired) electrons. The monoisotopic (exact) mass is 554 g/mol. The molecule has 0 heterocycles. The Hall–Kier alpha value is -4.67. The molecule has 184 valence electrons. The predicted molar refractivity (Wildman–Crippen MR) is 109 cm³/mol. The molecule has 0 aromatic heterocycles. The number of hydrogen-bond acceptors (Lipinski definition) is 14. The average molecular weight is 555 g/mol. The first-order chi connectivity index (χ1) is 15.9. The molecule has 0 aliphatic rings. The Kier molecular flexibility index (Phi) is 10.9. The van der Waals surface area contributed by atoms with Crippen molar-refractivity contribution in [2.75, 3.05) is 0 Å². The number of benzene rings is 2. The summed E-state index contributed by atoms with van der Waals surface area (Å²) in [6.07, 6.45) is 0. The van der Waals surface area contributed by atoms with Crippen LogP contribution in [0.15, 0.2) is 24.3 Å². The lowest BCUT2D eigenvalue weighted by Crippen LogP contribution is -1.93. The normalized spacial score (nSPS) is 9.66. The molecule has 2 aromatic rings. The maximum atomic E-state index is 10.5. The Morgan fingerprint density at radius 3 is 1.09 bits per heavy atom. The van der Waals surface area contributed by atoms with Gasteiger partial charge >= 0.3 is 22.7 Å². The molecule has 2 rings (SSSR count). The topological polar surface area (TPSA) is 309 Å². The summed E-state index contributed by atoms with van der Waals surface area (Å²) in [6.45, 7) is 0. The van der Waals surface area contributed by atoms with Crippen LogP contribution in [0, 0.1) is 51.2 Å². The molecular weight excluding hydrogens is 551 g/mol. The lowest BCUT2D eigenvalue weighted by molar-refractivity contribution is -0.393. The van der Waals surface area contributed by atoms with E-state index in [0.717, 1.165) is 12.1 Å². The molecule has 23 heteroatoms. The fourth-order valence-electron chi connectivity index (χ4n) is 1.83. The van der Waals surface area contributed by atoms with E-state index in [1.165, 1.54) is 0 Å². The van der Waals surface area contributed by atoms with Crippen LogP contribution in [0.1, 0.15) is 0 Å². The Labute approximate surface area is 200 Å². The van der Waals surface area contributed by atoms with Gasteiger partial charge in [-0.3, -0.25) is 48.9 Å². The van der Waals surface area contributed by atoms with Crippen LogP contribution >= 0.6 is 23.2 Å². The van der Waals surface area contributed by atoms with Gasteiger partial charge in [-0.2, -0.15) is 0 Å². The molecule has 0 bridgehead atoms. The summed E-state index contributed by atoms with van der Waals surface area (Å²) < 4.78 is 34.1. The van der Waals surface area contributed by atoms with Gasteiger partial charge < -0.3 is 9.11 Å². The Morgan fingerprint density at radius 2 is 0.914 bits per heavy atom. The molecular formula is C12H4Cl2N8O12S. The Bertz CT molecular complexity index is 1300. The van der Waals surface area contributed by atoms with Gasteiger partial charge in [-0.05, 0) is 0 Å². The van der Waals surface area contributed by atoms with Crippen molar-refractivity contribution in [1.82, 2.24) is 0 Å². The van der Waals surface area contributed by atoms with Crippen LogP contribution in [0.4, 0.5) is 34.1 Å². The maximum absolute atomic E-state index is 10.5. The minimum absolute atomic E-state index is 0.363. The van der Waals surface area contributed by atoms with Crippen LogP contribution in [-0.4, -0.2) is 37.2 Å². The van der Waals surface area contributed by atoms with Crippen LogP contribution in [0.5, 0.6) is 0 Å². The fourth-order valence-corrected chi connectivity index (χ4v) is 2.32. The number of rotatable bonds is 4. The highest BCUT2D eigenvalue weighted by atomic mass is 35.5. The number of nitro benzene ring substituents is 4. The number of nitrogens with zero attached hydrogens (tertiary/aromatic N) is 8. The minimum atomic E-state index is -5.17. The van der Waals surface area contributed by atoms with Crippen molar-refractivity contribution in [3.05, 3.63) is 84.7 Å². The first-order valence-electron chi connectivity index (χ1n) is 7.56. The van der Waals surface area contributed by atoms with Gasteiger partial charge in [-0.25, -0.2) is 0 Å². The molecule has 0 amide bonds. The molecule has 20 nitrogen and oxygen atoms in total. The molecule has 0 spiro atoms. The molecule has 0 saturated carbocycles. The van der Waals surface area contributed by atoms with E-state index in [1.54, 1.807) is 0 Å². The van der Waals surface area contributed by atoms with Crippen molar-refractivity contribution in [1.29, 1.82) is 10.8 Å². The number of diazo groups is 2. The largest absolute Gasteiger partial charge is 0.759 e. The van der Waals surface area contributed by atoms with Gasteiger partial charge in [0.05, 0.1) is 19.7 Å². The number of halogens is 2. The zero-order valence-corrected chi connectivity index (χ0v) is 18.3. The quantitative estimate of drug-likeness (QED) is 0.169. The molecule has 0 aliphatic carbocycles. The van der Waals surface area contributed by atoms with Gasteiger partial charge in [-0.1, -0.05) is 23.2 Å². The molecule has 0 atom stereocenters. The highest BCUT2D eigenvalue weighted by Crippen LogP contribution is 2.39. The van der Waals surface area contributed by atoms with E-state index in [0.29, 0.717) is 12.1 Å². The van der Waals surface area contributed by atoms with Crippen molar-refractivity contribution < 1.29 is 37.2 Å². The van der Waals surface area contributed by atoms with Crippen molar-refractivity contribution in [2.24, 2.45) is 0 Å². The summed E-state index contributed by atoms with van der Waals surface area (Å²) >= 11 is 10.9. The van der Waals surface area contributed by atoms with E-state index < -0.39 is 64.2 Å². The van der Waals surface area contributed by atoms with E-state index in [1.807, 2.05) is 0 Å². The first-order valence-corrected chi connectivity index (χ1v) is 9.65.